The molecule has 3 rings (SSSR count). The lowest BCUT2D eigenvalue weighted by molar-refractivity contribution is 0.483. The Kier molecular flexibility index (Phi) is 2.92. The van der Waals surface area contributed by atoms with E-state index in [0.29, 0.717) is 6.04 Å². The fourth-order valence-electron chi connectivity index (χ4n) is 2.67. The third-order valence-corrected chi connectivity index (χ3v) is 3.95. The first kappa shape index (κ1) is 11.2. The van der Waals surface area contributed by atoms with E-state index >= 15 is 0 Å². The average molecular weight is 294 g/mol. The summed E-state index contributed by atoms with van der Waals surface area (Å²) in [5.41, 5.74) is 1.23. The number of rotatable bonds is 2. The van der Waals surface area contributed by atoms with Crippen molar-refractivity contribution in [3.63, 3.8) is 0 Å². The number of aromatic nitrogens is 2. The van der Waals surface area contributed by atoms with Gasteiger partial charge in [-0.3, -0.25) is 0 Å². The Morgan fingerprint density at radius 3 is 3.24 bits per heavy atom. The molecule has 17 heavy (non-hydrogen) atoms. The second-order valence-corrected chi connectivity index (χ2v) is 5.76. The van der Waals surface area contributed by atoms with Gasteiger partial charge in [-0.15, -0.1) is 0 Å². The van der Waals surface area contributed by atoms with Crippen molar-refractivity contribution in [1.82, 2.24) is 14.9 Å². The lowest BCUT2D eigenvalue weighted by Crippen LogP contribution is -2.17. The first-order valence-electron chi connectivity index (χ1n) is 6.06. The SMILES string of the molecule is CC1CC(Cn2ccc3cc(Br)ncc32)CN1. The minimum atomic E-state index is 0.661. The summed E-state index contributed by atoms with van der Waals surface area (Å²) in [4.78, 5) is 4.31. The van der Waals surface area contributed by atoms with Gasteiger partial charge in [-0.25, -0.2) is 4.98 Å². The van der Waals surface area contributed by atoms with Crippen LogP contribution in [0.2, 0.25) is 0 Å². The van der Waals surface area contributed by atoms with Crippen LogP contribution in [-0.2, 0) is 6.54 Å². The molecule has 1 aliphatic heterocycles. The van der Waals surface area contributed by atoms with E-state index in [1.54, 1.807) is 0 Å². The number of pyridine rings is 1. The zero-order chi connectivity index (χ0) is 11.8. The number of hydrogen-bond donors (Lipinski definition) is 1. The molecule has 0 aromatic carbocycles. The first-order chi connectivity index (χ1) is 8.22. The van der Waals surface area contributed by atoms with E-state index in [1.807, 2.05) is 6.20 Å². The van der Waals surface area contributed by atoms with Crippen LogP contribution in [0.15, 0.2) is 29.1 Å². The van der Waals surface area contributed by atoms with Gasteiger partial charge in [-0.2, -0.15) is 0 Å². The van der Waals surface area contributed by atoms with Gasteiger partial charge in [0.05, 0.1) is 11.7 Å². The molecule has 3 nitrogen and oxygen atoms in total. The maximum absolute atomic E-state index is 4.31. The molecule has 0 saturated carbocycles. The molecule has 90 valence electrons. The van der Waals surface area contributed by atoms with Crippen molar-refractivity contribution >= 4 is 26.8 Å². The maximum Gasteiger partial charge on any atom is 0.106 e. The summed E-state index contributed by atoms with van der Waals surface area (Å²) in [7, 11) is 0. The van der Waals surface area contributed by atoms with Crippen LogP contribution < -0.4 is 5.32 Å². The van der Waals surface area contributed by atoms with Crippen molar-refractivity contribution in [3.05, 3.63) is 29.1 Å². The second kappa shape index (κ2) is 4.42. The van der Waals surface area contributed by atoms with Crippen LogP contribution in [0.4, 0.5) is 0 Å². The summed E-state index contributed by atoms with van der Waals surface area (Å²) >= 11 is 3.41. The fourth-order valence-corrected chi connectivity index (χ4v) is 3.02. The zero-order valence-electron chi connectivity index (χ0n) is 9.86. The topological polar surface area (TPSA) is 29.9 Å². The van der Waals surface area contributed by atoms with E-state index in [4.69, 9.17) is 0 Å². The Balaban J connectivity index is 1.85. The van der Waals surface area contributed by atoms with Crippen molar-refractivity contribution in [2.75, 3.05) is 6.54 Å². The molecular formula is C13H16BrN3. The third kappa shape index (κ3) is 2.24. The largest absolute Gasteiger partial charge is 0.346 e. The highest BCUT2D eigenvalue weighted by molar-refractivity contribution is 9.10. The minimum Gasteiger partial charge on any atom is -0.346 e. The van der Waals surface area contributed by atoms with Crippen molar-refractivity contribution < 1.29 is 0 Å². The summed E-state index contributed by atoms with van der Waals surface area (Å²) in [5, 5.41) is 4.76. The summed E-state index contributed by atoms with van der Waals surface area (Å²) in [6.45, 7) is 4.47. The highest BCUT2D eigenvalue weighted by Gasteiger charge is 2.21. The number of fused-ring (bicyclic) bond motifs is 1. The number of hydrogen-bond acceptors (Lipinski definition) is 2. The lowest BCUT2D eigenvalue weighted by Gasteiger charge is -2.11. The van der Waals surface area contributed by atoms with E-state index in [9.17, 15) is 0 Å². The standard InChI is InChI=1S/C13H16BrN3/c1-9-4-10(6-15-9)8-17-3-2-11-5-13(14)16-7-12(11)17/h2-3,5,7,9-10,15H,4,6,8H2,1H3. The molecule has 0 aliphatic carbocycles. The van der Waals surface area contributed by atoms with E-state index in [-0.39, 0.29) is 0 Å². The van der Waals surface area contributed by atoms with Gasteiger partial charge < -0.3 is 9.88 Å². The fraction of sp³-hybridized carbons (Fsp3) is 0.462. The van der Waals surface area contributed by atoms with Crippen LogP contribution in [0.5, 0.6) is 0 Å². The Morgan fingerprint density at radius 1 is 1.59 bits per heavy atom. The van der Waals surface area contributed by atoms with E-state index in [1.165, 1.54) is 17.3 Å². The van der Waals surface area contributed by atoms with Crippen LogP contribution >= 0.6 is 15.9 Å². The molecule has 0 bridgehead atoms. The van der Waals surface area contributed by atoms with Gasteiger partial charge in [-0.05, 0) is 53.9 Å². The zero-order valence-corrected chi connectivity index (χ0v) is 11.4. The predicted molar refractivity (Wildman–Crippen MR) is 73.0 cm³/mol. The Labute approximate surface area is 109 Å². The van der Waals surface area contributed by atoms with Crippen molar-refractivity contribution in [2.24, 2.45) is 5.92 Å². The summed E-state index contributed by atoms with van der Waals surface area (Å²) in [6, 6.07) is 4.89. The average Bonchev–Trinajstić information content (AvgIpc) is 2.86. The van der Waals surface area contributed by atoms with Gasteiger partial charge in [-0.1, -0.05) is 0 Å². The van der Waals surface area contributed by atoms with Crippen molar-refractivity contribution in [3.8, 4) is 0 Å². The molecule has 4 heteroatoms. The Bertz CT molecular complexity index is 534. The predicted octanol–water partition coefficient (Wildman–Crippen LogP) is 2.80. The molecule has 3 heterocycles. The summed E-state index contributed by atoms with van der Waals surface area (Å²) in [5.74, 6) is 0.740. The summed E-state index contributed by atoms with van der Waals surface area (Å²) < 4.78 is 3.22. The van der Waals surface area contributed by atoms with Gasteiger partial charge in [0.2, 0.25) is 0 Å². The van der Waals surface area contributed by atoms with Gasteiger partial charge >= 0.3 is 0 Å². The molecule has 0 amide bonds. The lowest BCUT2D eigenvalue weighted by atomic mass is 10.1. The molecule has 2 aromatic heterocycles. The number of nitrogens with zero attached hydrogens (tertiary/aromatic N) is 2. The van der Waals surface area contributed by atoms with Gasteiger partial charge in [0.25, 0.3) is 0 Å². The van der Waals surface area contributed by atoms with E-state index in [0.717, 1.165) is 23.6 Å². The van der Waals surface area contributed by atoms with Crippen LogP contribution in [0.25, 0.3) is 10.9 Å². The molecule has 1 saturated heterocycles. The normalized spacial score (nSPS) is 24.6. The molecule has 0 spiro atoms. The maximum atomic E-state index is 4.31. The molecular weight excluding hydrogens is 278 g/mol. The Hall–Kier alpha value is -0.870. The molecule has 1 N–H and O–H groups in total. The molecule has 2 unspecified atom stereocenters. The van der Waals surface area contributed by atoms with Crippen LogP contribution in [0, 0.1) is 5.92 Å². The van der Waals surface area contributed by atoms with Crippen LogP contribution in [-0.4, -0.2) is 22.1 Å². The molecule has 1 aliphatic rings. The van der Waals surface area contributed by atoms with Crippen molar-refractivity contribution in [1.29, 1.82) is 0 Å². The molecule has 1 fully saturated rings. The van der Waals surface area contributed by atoms with Crippen LogP contribution in [0.1, 0.15) is 13.3 Å². The molecule has 0 radical (unpaired) electrons. The van der Waals surface area contributed by atoms with E-state index < -0.39 is 0 Å². The quantitative estimate of drug-likeness (QED) is 0.863. The number of halogens is 1. The second-order valence-electron chi connectivity index (χ2n) is 4.94. The monoisotopic (exact) mass is 293 g/mol. The number of nitrogens with one attached hydrogen (secondary N) is 1. The van der Waals surface area contributed by atoms with Crippen molar-refractivity contribution in [2.45, 2.75) is 25.9 Å². The third-order valence-electron chi connectivity index (χ3n) is 3.52. The van der Waals surface area contributed by atoms with Gasteiger partial charge in [0.15, 0.2) is 0 Å². The first-order valence-corrected chi connectivity index (χ1v) is 6.85. The highest BCUT2D eigenvalue weighted by Crippen LogP contribution is 2.22. The molecule has 2 aromatic rings. The van der Waals surface area contributed by atoms with E-state index in [2.05, 4.69) is 56.1 Å². The Morgan fingerprint density at radius 2 is 2.47 bits per heavy atom. The molecule has 2 atom stereocenters. The summed E-state index contributed by atoms with van der Waals surface area (Å²) in [6.07, 6.45) is 5.39. The van der Waals surface area contributed by atoms with Gasteiger partial charge in [0.1, 0.15) is 4.60 Å². The smallest absolute Gasteiger partial charge is 0.106 e. The van der Waals surface area contributed by atoms with Crippen LogP contribution in [0.3, 0.4) is 0 Å². The minimum absolute atomic E-state index is 0.661. The highest BCUT2D eigenvalue weighted by atomic mass is 79.9. The van der Waals surface area contributed by atoms with Gasteiger partial charge in [0, 0.05) is 24.2 Å².